The van der Waals surface area contributed by atoms with E-state index in [-0.39, 0.29) is 5.91 Å². The van der Waals surface area contributed by atoms with E-state index in [9.17, 15) is 4.79 Å². The second-order valence-corrected chi connectivity index (χ2v) is 4.06. The van der Waals surface area contributed by atoms with Crippen LogP contribution >= 0.6 is 0 Å². The van der Waals surface area contributed by atoms with Crippen LogP contribution in [0.1, 0.15) is 25.3 Å². The number of unbranched alkanes of at least 4 members (excludes halogenated alkanes) is 1. The van der Waals surface area contributed by atoms with E-state index < -0.39 is 0 Å². The van der Waals surface area contributed by atoms with E-state index >= 15 is 0 Å². The van der Waals surface area contributed by atoms with E-state index in [1.54, 1.807) is 14.2 Å². The summed E-state index contributed by atoms with van der Waals surface area (Å²) in [5.41, 5.74) is 0.839. The van der Waals surface area contributed by atoms with Gasteiger partial charge in [0, 0.05) is 12.1 Å². The Bertz CT molecular complexity index is 391. The first kappa shape index (κ1) is 14.4. The zero-order valence-corrected chi connectivity index (χ0v) is 11.3. The van der Waals surface area contributed by atoms with E-state index in [0.717, 1.165) is 30.7 Å². The molecule has 1 aromatic carbocycles. The standard InChI is InChI=1S/C14H21NO3/c1-4-5-8-15-14(16)10-11-9-12(17-2)6-7-13(11)18-3/h6-7,9H,4-5,8,10H2,1-3H3,(H,15,16). The molecule has 18 heavy (non-hydrogen) atoms. The van der Waals surface area contributed by atoms with Crippen molar-refractivity contribution in [1.29, 1.82) is 0 Å². The molecule has 0 radical (unpaired) electrons. The van der Waals surface area contributed by atoms with Crippen molar-refractivity contribution in [2.75, 3.05) is 20.8 Å². The number of amides is 1. The Labute approximate surface area is 108 Å². The van der Waals surface area contributed by atoms with Crippen molar-refractivity contribution in [3.8, 4) is 11.5 Å². The van der Waals surface area contributed by atoms with Gasteiger partial charge in [0.15, 0.2) is 0 Å². The first-order valence-electron chi connectivity index (χ1n) is 6.18. The summed E-state index contributed by atoms with van der Waals surface area (Å²) in [7, 11) is 3.20. The van der Waals surface area contributed by atoms with Crippen LogP contribution in [0.15, 0.2) is 18.2 Å². The van der Waals surface area contributed by atoms with Gasteiger partial charge in [-0.05, 0) is 24.6 Å². The molecule has 0 aromatic heterocycles. The van der Waals surface area contributed by atoms with E-state index in [1.807, 2.05) is 18.2 Å². The molecule has 1 aromatic rings. The maximum atomic E-state index is 11.7. The van der Waals surface area contributed by atoms with Crippen LogP contribution in [0.3, 0.4) is 0 Å². The zero-order chi connectivity index (χ0) is 13.4. The monoisotopic (exact) mass is 251 g/mol. The minimum atomic E-state index is 0.00926. The summed E-state index contributed by atoms with van der Waals surface area (Å²) in [5, 5.41) is 2.89. The second-order valence-electron chi connectivity index (χ2n) is 4.06. The van der Waals surface area contributed by atoms with Crippen molar-refractivity contribution in [3.63, 3.8) is 0 Å². The normalized spacial score (nSPS) is 9.94. The number of nitrogens with one attached hydrogen (secondary N) is 1. The van der Waals surface area contributed by atoms with E-state index in [2.05, 4.69) is 12.2 Å². The van der Waals surface area contributed by atoms with Gasteiger partial charge in [0.2, 0.25) is 5.91 Å². The molecule has 0 aliphatic heterocycles. The molecular weight excluding hydrogens is 230 g/mol. The van der Waals surface area contributed by atoms with Gasteiger partial charge in [-0.15, -0.1) is 0 Å². The Balaban J connectivity index is 2.66. The van der Waals surface area contributed by atoms with E-state index in [0.29, 0.717) is 12.2 Å². The average Bonchev–Trinajstić information content (AvgIpc) is 2.39. The molecule has 0 bridgehead atoms. The third-order valence-electron chi connectivity index (χ3n) is 2.69. The Morgan fingerprint density at radius 1 is 1.28 bits per heavy atom. The molecule has 4 heteroatoms. The van der Waals surface area contributed by atoms with Gasteiger partial charge in [-0.25, -0.2) is 0 Å². The molecule has 0 saturated heterocycles. The lowest BCUT2D eigenvalue weighted by Crippen LogP contribution is -2.26. The van der Waals surface area contributed by atoms with Crippen LogP contribution in [-0.4, -0.2) is 26.7 Å². The quantitative estimate of drug-likeness (QED) is 0.755. The molecule has 0 heterocycles. The minimum Gasteiger partial charge on any atom is -0.497 e. The van der Waals surface area contributed by atoms with Crippen molar-refractivity contribution < 1.29 is 14.3 Å². The molecule has 0 saturated carbocycles. The molecular formula is C14H21NO3. The molecule has 0 unspecified atom stereocenters. The highest BCUT2D eigenvalue weighted by Crippen LogP contribution is 2.24. The summed E-state index contributed by atoms with van der Waals surface area (Å²) in [6, 6.07) is 5.46. The topological polar surface area (TPSA) is 47.6 Å². The van der Waals surface area contributed by atoms with Gasteiger partial charge in [-0.2, -0.15) is 0 Å². The SMILES string of the molecule is CCCCNC(=O)Cc1cc(OC)ccc1OC. The molecule has 100 valence electrons. The smallest absolute Gasteiger partial charge is 0.224 e. The fourth-order valence-corrected chi connectivity index (χ4v) is 1.66. The number of hydrogen-bond acceptors (Lipinski definition) is 3. The predicted octanol–water partition coefficient (Wildman–Crippen LogP) is 2.16. The summed E-state index contributed by atoms with van der Waals surface area (Å²) in [5.74, 6) is 1.45. The number of methoxy groups -OCH3 is 2. The van der Waals surface area contributed by atoms with Crippen molar-refractivity contribution in [3.05, 3.63) is 23.8 Å². The zero-order valence-electron chi connectivity index (χ0n) is 11.3. The summed E-state index contributed by atoms with van der Waals surface area (Å²) in [4.78, 5) is 11.7. The second kappa shape index (κ2) is 7.58. The van der Waals surface area contributed by atoms with Crippen LogP contribution in [0.5, 0.6) is 11.5 Å². The number of benzene rings is 1. The highest BCUT2D eigenvalue weighted by Gasteiger charge is 2.09. The highest BCUT2D eigenvalue weighted by atomic mass is 16.5. The molecule has 0 spiro atoms. The highest BCUT2D eigenvalue weighted by molar-refractivity contribution is 5.79. The van der Waals surface area contributed by atoms with Gasteiger partial charge in [0.25, 0.3) is 0 Å². The molecule has 1 rings (SSSR count). The molecule has 1 amide bonds. The van der Waals surface area contributed by atoms with Gasteiger partial charge >= 0.3 is 0 Å². The summed E-state index contributed by atoms with van der Waals surface area (Å²) in [6.07, 6.45) is 2.38. The molecule has 0 fully saturated rings. The van der Waals surface area contributed by atoms with Crippen LogP contribution in [0.4, 0.5) is 0 Å². The summed E-state index contributed by atoms with van der Waals surface area (Å²) >= 11 is 0. The summed E-state index contributed by atoms with van der Waals surface area (Å²) in [6.45, 7) is 2.82. The predicted molar refractivity (Wildman–Crippen MR) is 71.2 cm³/mol. The lowest BCUT2D eigenvalue weighted by Gasteiger charge is -2.10. The molecule has 0 aliphatic carbocycles. The fraction of sp³-hybridized carbons (Fsp3) is 0.500. The molecule has 1 N–H and O–H groups in total. The van der Waals surface area contributed by atoms with Crippen LogP contribution in [0.25, 0.3) is 0 Å². The summed E-state index contributed by atoms with van der Waals surface area (Å²) < 4.78 is 10.4. The fourth-order valence-electron chi connectivity index (χ4n) is 1.66. The van der Waals surface area contributed by atoms with Crippen molar-refractivity contribution in [2.24, 2.45) is 0 Å². The first-order valence-corrected chi connectivity index (χ1v) is 6.18. The third kappa shape index (κ3) is 4.28. The average molecular weight is 251 g/mol. The van der Waals surface area contributed by atoms with Crippen LogP contribution < -0.4 is 14.8 Å². The third-order valence-corrected chi connectivity index (χ3v) is 2.69. The molecule has 0 atom stereocenters. The van der Waals surface area contributed by atoms with Crippen molar-refractivity contribution >= 4 is 5.91 Å². The number of ether oxygens (including phenoxy) is 2. The maximum Gasteiger partial charge on any atom is 0.224 e. The van der Waals surface area contributed by atoms with E-state index in [4.69, 9.17) is 9.47 Å². The van der Waals surface area contributed by atoms with Crippen molar-refractivity contribution in [1.82, 2.24) is 5.32 Å². The lowest BCUT2D eigenvalue weighted by molar-refractivity contribution is -0.120. The van der Waals surface area contributed by atoms with Crippen molar-refractivity contribution in [2.45, 2.75) is 26.2 Å². The van der Waals surface area contributed by atoms with Gasteiger partial charge in [0.1, 0.15) is 11.5 Å². The largest absolute Gasteiger partial charge is 0.497 e. The number of hydrogen-bond donors (Lipinski definition) is 1. The van der Waals surface area contributed by atoms with Crippen LogP contribution in [-0.2, 0) is 11.2 Å². The number of rotatable bonds is 7. The Kier molecular flexibility index (Phi) is 6.05. The van der Waals surface area contributed by atoms with E-state index in [1.165, 1.54) is 0 Å². The molecule has 0 aliphatic rings. The number of carbonyl (C=O) groups is 1. The van der Waals surface area contributed by atoms with Crippen LogP contribution in [0, 0.1) is 0 Å². The maximum absolute atomic E-state index is 11.7. The Morgan fingerprint density at radius 2 is 2.06 bits per heavy atom. The Hall–Kier alpha value is -1.71. The minimum absolute atomic E-state index is 0.00926. The number of carbonyl (C=O) groups excluding carboxylic acids is 1. The van der Waals surface area contributed by atoms with Gasteiger partial charge in [-0.1, -0.05) is 13.3 Å². The van der Waals surface area contributed by atoms with Gasteiger partial charge < -0.3 is 14.8 Å². The Morgan fingerprint density at radius 3 is 2.67 bits per heavy atom. The first-order chi connectivity index (χ1) is 8.71. The lowest BCUT2D eigenvalue weighted by atomic mass is 10.1. The van der Waals surface area contributed by atoms with Crippen LogP contribution in [0.2, 0.25) is 0 Å². The van der Waals surface area contributed by atoms with Gasteiger partial charge in [0.05, 0.1) is 20.6 Å². The van der Waals surface area contributed by atoms with Gasteiger partial charge in [-0.3, -0.25) is 4.79 Å². The molecule has 4 nitrogen and oxygen atoms in total.